The first-order valence-corrected chi connectivity index (χ1v) is 6.44. The number of nitrogens with zero attached hydrogens (tertiary/aromatic N) is 2. The molecule has 0 aromatic carbocycles. The third-order valence-electron chi connectivity index (χ3n) is 2.50. The Kier molecular flexibility index (Phi) is 3.88. The average Bonchev–Trinajstić information content (AvgIpc) is 2.90. The number of thiazole rings is 1. The average molecular weight is 262 g/mol. The molecule has 3 N–H and O–H groups in total. The highest BCUT2D eigenvalue weighted by molar-refractivity contribution is 7.09. The van der Waals surface area contributed by atoms with E-state index in [0.717, 1.165) is 5.01 Å². The lowest BCUT2D eigenvalue weighted by Crippen LogP contribution is -2.28. The number of nitrogens with one attached hydrogen (secondary N) is 1. The van der Waals surface area contributed by atoms with Crippen LogP contribution in [0.1, 0.15) is 28.3 Å². The second-order valence-corrected chi connectivity index (χ2v) is 4.85. The van der Waals surface area contributed by atoms with Crippen LogP contribution in [0.25, 0.3) is 0 Å². The Morgan fingerprint density at radius 2 is 2.33 bits per heavy atom. The summed E-state index contributed by atoms with van der Waals surface area (Å²) in [6.07, 6.45) is 3.31. The van der Waals surface area contributed by atoms with Crippen LogP contribution in [0, 0.1) is 0 Å². The smallest absolute Gasteiger partial charge is 0.272 e. The third kappa shape index (κ3) is 2.84. The summed E-state index contributed by atoms with van der Waals surface area (Å²) < 4.78 is 0. The number of carbonyl (C=O) groups is 1. The van der Waals surface area contributed by atoms with Crippen LogP contribution in [0.5, 0.6) is 0 Å². The molecule has 0 fully saturated rings. The van der Waals surface area contributed by atoms with E-state index in [2.05, 4.69) is 15.3 Å². The van der Waals surface area contributed by atoms with E-state index in [0.29, 0.717) is 12.2 Å². The summed E-state index contributed by atoms with van der Waals surface area (Å²) >= 11 is 1.58. The Morgan fingerprint density at radius 3 is 3.00 bits per heavy atom. The van der Waals surface area contributed by atoms with Gasteiger partial charge in [0, 0.05) is 30.2 Å². The first kappa shape index (κ1) is 12.5. The maximum atomic E-state index is 11.9. The highest BCUT2D eigenvalue weighted by Gasteiger charge is 2.13. The molecule has 0 aliphatic rings. The molecule has 0 saturated heterocycles. The molecular weight excluding hydrogens is 248 g/mol. The van der Waals surface area contributed by atoms with Gasteiger partial charge in [0.25, 0.3) is 5.91 Å². The molecule has 1 unspecified atom stereocenters. The molecule has 0 radical (unpaired) electrons. The van der Waals surface area contributed by atoms with E-state index < -0.39 is 0 Å². The van der Waals surface area contributed by atoms with Gasteiger partial charge in [-0.25, -0.2) is 9.97 Å². The van der Waals surface area contributed by atoms with Crippen molar-refractivity contribution in [2.75, 3.05) is 12.3 Å². The predicted octanol–water partition coefficient (Wildman–Crippen LogP) is 1.65. The number of aromatic nitrogens is 2. The van der Waals surface area contributed by atoms with Gasteiger partial charge in [0.15, 0.2) is 5.69 Å². The fourth-order valence-electron chi connectivity index (χ4n) is 1.50. The minimum atomic E-state index is -0.253. The van der Waals surface area contributed by atoms with Crippen LogP contribution in [0.3, 0.4) is 0 Å². The molecule has 5 nitrogen and oxygen atoms in total. The Bertz CT molecular complexity index is 527. The van der Waals surface area contributed by atoms with E-state index >= 15 is 0 Å². The van der Waals surface area contributed by atoms with E-state index in [1.165, 1.54) is 0 Å². The number of anilines is 1. The van der Waals surface area contributed by atoms with Gasteiger partial charge in [0.05, 0.1) is 10.7 Å². The highest BCUT2D eigenvalue weighted by atomic mass is 32.1. The Balaban J connectivity index is 1.95. The molecule has 1 amide bonds. The van der Waals surface area contributed by atoms with E-state index in [-0.39, 0.29) is 17.5 Å². The van der Waals surface area contributed by atoms with Gasteiger partial charge in [-0.1, -0.05) is 6.92 Å². The topological polar surface area (TPSA) is 80.9 Å². The maximum absolute atomic E-state index is 11.9. The summed E-state index contributed by atoms with van der Waals surface area (Å²) in [5.41, 5.74) is 6.34. The van der Waals surface area contributed by atoms with Gasteiger partial charge in [0.2, 0.25) is 0 Å². The number of rotatable bonds is 4. The van der Waals surface area contributed by atoms with E-state index in [9.17, 15) is 4.79 Å². The van der Waals surface area contributed by atoms with Gasteiger partial charge in [-0.15, -0.1) is 11.3 Å². The standard InChI is InChI=1S/C12H14N4OS/c1-8(12-15-5-6-18-12)7-16-11(17)10-9(13)3-2-4-14-10/h2-6,8H,7,13H2,1H3,(H,16,17). The molecule has 0 spiro atoms. The number of hydrogen-bond acceptors (Lipinski definition) is 5. The van der Waals surface area contributed by atoms with Crippen molar-refractivity contribution >= 4 is 22.9 Å². The quantitative estimate of drug-likeness (QED) is 0.878. The summed E-state index contributed by atoms with van der Waals surface area (Å²) in [6.45, 7) is 2.53. The molecule has 0 saturated carbocycles. The summed E-state index contributed by atoms with van der Waals surface area (Å²) in [5.74, 6) is -0.0737. The largest absolute Gasteiger partial charge is 0.397 e. The Hall–Kier alpha value is -1.95. The predicted molar refractivity (Wildman–Crippen MR) is 71.5 cm³/mol. The molecule has 18 heavy (non-hydrogen) atoms. The molecular formula is C12H14N4OS. The molecule has 2 aromatic heterocycles. The number of nitrogen functional groups attached to an aromatic ring is 1. The van der Waals surface area contributed by atoms with Crippen molar-refractivity contribution in [3.05, 3.63) is 40.6 Å². The monoisotopic (exact) mass is 262 g/mol. The number of hydrogen-bond donors (Lipinski definition) is 2. The lowest BCUT2D eigenvalue weighted by molar-refractivity contribution is 0.0947. The normalized spacial score (nSPS) is 12.1. The first-order valence-electron chi connectivity index (χ1n) is 5.56. The second kappa shape index (κ2) is 5.59. The molecule has 0 aliphatic carbocycles. The van der Waals surface area contributed by atoms with Crippen LogP contribution in [0.15, 0.2) is 29.9 Å². The fourth-order valence-corrected chi connectivity index (χ4v) is 2.20. The van der Waals surface area contributed by atoms with Crippen molar-refractivity contribution < 1.29 is 4.79 Å². The third-order valence-corrected chi connectivity index (χ3v) is 3.50. The molecule has 2 rings (SSSR count). The van der Waals surface area contributed by atoms with Crippen molar-refractivity contribution in [3.8, 4) is 0 Å². The van der Waals surface area contributed by atoms with Crippen LogP contribution in [0.4, 0.5) is 5.69 Å². The second-order valence-electron chi connectivity index (χ2n) is 3.92. The van der Waals surface area contributed by atoms with Crippen molar-refractivity contribution in [2.45, 2.75) is 12.8 Å². The van der Waals surface area contributed by atoms with Gasteiger partial charge >= 0.3 is 0 Å². The fraction of sp³-hybridized carbons (Fsp3) is 0.250. The van der Waals surface area contributed by atoms with Crippen LogP contribution >= 0.6 is 11.3 Å². The van der Waals surface area contributed by atoms with Crippen LogP contribution < -0.4 is 11.1 Å². The summed E-state index contributed by atoms with van der Waals surface area (Å²) in [7, 11) is 0. The lowest BCUT2D eigenvalue weighted by Gasteiger charge is -2.10. The zero-order chi connectivity index (χ0) is 13.0. The zero-order valence-corrected chi connectivity index (χ0v) is 10.8. The van der Waals surface area contributed by atoms with Gasteiger partial charge in [0.1, 0.15) is 0 Å². The van der Waals surface area contributed by atoms with Gasteiger partial charge < -0.3 is 11.1 Å². The minimum Gasteiger partial charge on any atom is -0.397 e. The van der Waals surface area contributed by atoms with Crippen LogP contribution in [-0.4, -0.2) is 22.4 Å². The van der Waals surface area contributed by atoms with Crippen molar-refractivity contribution in [2.24, 2.45) is 0 Å². The molecule has 6 heteroatoms. The number of nitrogens with two attached hydrogens (primary N) is 1. The van der Waals surface area contributed by atoms with Crippen molar-refractivity contribution in [1.82, 2.24) is 15.3 Å². The van der Waals surface area contributed by atoms with Crippen LogP contribution in [-0.2, 0) is 0 Å². The molecule has 0 bridgehead atoms. The van der Waals surface area contributed by atoms with Crippen molar-refractivity contribution in [3.63, 3.8) is 0 Å². The zero-order valence-electron chi connectivity index (χ0n) is 9.96. The minimum absolute atomic E-state index is 0.180. The molecule has 94 valence electrons. The maximum Gasteiger partial charge on any atom is 0.272 e. The Morgan fingerprint density at radius 1 is 1.50 bits per heavy atom. The number of pyridine rings is 1. The number of carbonyl (C=O) groups excluding carboxylic acids is 1. The van der Waals surface area contributed by atoms with E-state index in [4.69, 9.17) is 5.73 Å². The molecule has 2 aromatic rings. The SMILES string of the molecule is CC(CNC(=O)c1ncccc1N)c1nccs1. The van der Waals surface area contributed by atoms with Gasteiger partial charge in [-0.05, 0) is 12.1 Å². The first-order chi connectivity index (χ1) is 8.68. The van der Waals surface area contributed by atoms with Gasteiger partial charge in [-0.2, -0.15) is 0 Å². The molecule has 0 aliphatic heterocycles. The number of amides is 1. The molecule has 2 heterocycles. The van der Waals surface area contributed by atoms with Gasteiger partial charge in [-0.3, -0.25) is 4.79 Å². The summed E-state index contributed by atoms with van der Waals surface area (Å²) in [6, 6.07) is 3.36. The van der Waals surface area contributed by atoms with E-state index in [1.807, 2.05) is 12.3 Å². The highest BCUT2D eigenvalue weighted by Crippen LogP contribution is 2.16. The van der Waals surface area contributed by atoms with E-state index in [1.54, 1.807) is 35.9 Å². The summed E-state index contributed by atoms with van der Waals surface area (Å²) in [5, 5.41) is 5.74. The lowest BCUT2D eigenvalue weighted by atomic mass is 10.2. The van der Waals surface area contributed by atoms with Crippen molar-refractivity contribution in [1.29, 1.82) is 0 Å². The summed E-state index contributed by atoms with van der Waals surface area (Å²) in [4.78, 5) is 20.0. The Labute approximate surface area is 109 Å². The van der Waals surface area contributed by atoms with Crippen LogP contribution in [0.2, 0.25) is 0 Å². The molecule has 1 atom stereocenters.